The molecule has 3 heteroatoms. The fraction of sp³-hybridized carbons (Fsp3) is 1.00. The van der Waals surface area contributed by atoms with Gasteiger partial charge in [0.1, 0.15) is 0 Å². The van der Waals surface area contributed by atoms with Crippen molar-refractivity contribution in [1.82, 2.24) is 0 Å². The normalized spacial score (nSPS) is 28.8. The van der Waals surface area contributed by atoms with E-state index in [0.717, 1.165) is 19.4 Å². The van der Waals surface area contributed by atoms with E-state index in [1.165, 1.54) is 0 Å². The predicted octanol–water partition coefficient (Wildman–Crippen LogP) is -0.0913. The minimum Gasteiger partial charge on any atom is -0.396 e. The minimum absolute atomic E-state index is 0.0212. The van der Waals surface area contributed by atoms with Gasteiger partial charge >= 0.3 is 0 Å². The SMILES string of the molecule is OCC[C@@H](O)[C@H]1CCCO1. The molecule has 60 valence electrons. The van der Waals surface area contributed by atoms with E-state index in [4.69, 9.17) is 9.84 Å². The lowest BCUT2D eigenvalue weighted by atomic mass is 10.1. The van der Waals surface area contributed by atoms with E-state index >= 15 is 0 Å². The summed E-state index contributed by atoms with van der Waals surface area (Å²) in [6, 6.07) is 0. The molecule has 0 unspecified atom stereocenters. The number of aliphatic hydroxyl groups excluding tert-OH is 2. The van der Waals surface area contributed by atoms with Crippen LogP contribution in [0.2, 0.25) is 0 Å². The average Bonchev–Trinajstić information content (AvgIpc) is 2.38. The van der Waals surface area contributed by atoms with Gasteiger partial charge in [-0.05, 0) is 19.3 Å². The number of rotatable bonds is 3. The molecule has 10 heavy (non-hydrogen) atoms. The van der Waals surface area contributed by atoms with Gasteiger partial charge in [-0.25, -0.2) is 0 Å². The van der Waals surface area contributed by atoms with Crippen molar-refractivity contribution in [3.8, 4) is 0 Å². The molecule has 1 aliphatic heterocycles. The van der Waals surface area contributed by atoms with Gasteiger partial charge in [0.15, 0.2) is 0 Å². The summed E-state index contributed by atoms with van der Waals surface area (Å²) in [5.74, 6) is 0. The van der Waals surface area contributed by atoms with Gasteiger partial charge < -0.3 is 14.9 Å². The third-order valence-electron chi connectivity index (χ3n) is 1.82. The van der Waals surface area contributed by atoms with Crippen molar-refractivity contribution >= 4 is 0 Å². The zero-order chi connectivity index (χ0) is 7.40. The first kappa shape index (κ1) is 7.98. The van der Waals surface area contributed by atoms with Crippen LogP contribution in [0.15, 0.2) is 0 Å². The van der Waals surface area contributed by atoms with Crippen molar-refractivity contribution in [3.63, 3.8) is 0 Å². The Balaban J connectivity index is 2.18. The van der Waals surface area contributed by atoms with Gasteiger partial charge in [-0.3, -0.25) is 0 Å². The van der Waals surface area contributed by atoms with Crippen LogP contribution in [0.4, 0.5) is 0 Å². The average molecular weight is 146 g/mol. The van der Waals surface area contributed by atoms with Gasteiger partial charge in [-0.1, -0.05) is 0 Å². The van der Waals surface area contributed by atoms with E-state index in [1.807, 2.05) is 0 Å². The van der Waals surface area contributed by atoms with Crippen LogP contribution in [0, 0.1) is 0 Å². The summed E-state index contributed by atoms with van der Waals surface area (Å²) in [5.41, 5.74) is 0. The van der Waals surface area contributed by atoms with E-state index in [2.05, 4.69) is 0 Å². The second-order valence-electron chi connectivity index (χ2n) is 2.63. The molecule has 0 aromatic carbocycles. The summed E-state index contributed by atoms with van der Waals surface area (Å²) in [7, 11) is 0. The summed E-state index contributed by atoms with van der Waals surface area (Å²) in [6.45, 7) is 0.800. The van der Waals surface area contributed by atoms with Crippen molar-refractivity contribution < 1.29 is 14.9 Å². The molecule has 0 saturated carbocycles. The lowest BCUT2D eigenvalue weighted by Gasteiger charge is -2.15. The fourth-order valence-corrected chi connectivity index (χ4v) is 1.22. The van der Waals surface area contributed by atoms with Crippen molar-refractivity contribution in [2.75, 3.05) is 13.2 Å². The molecule has 0 radical (unpaired) electrons. The van der Waals surface area contributed by atoms with Crippen LogP contribution in [0.1, 0.15) is 19.3 Å². The van der Waals surface area contributed by atoms with Crippen LogP contribution < -0.4 is 0 Å². The lowest BCUT2D eigenvalue weighted by molar-refractivity contribution is -0.0122. The third-order valence-corrected chi connectivity index (χ3v) is 1.82. The first-order valence-electron chi connectivity index (χ1n) is 3.75. The summed E-state index contributed by atoms with van der Waals surface area (Å²) in [4.78, 5) is 0. The summed E-state index contributed by atoms with van der Waals surface area (Å²) in [6.07, 6.45) is 1.92. The molecule has 0 bridgehead atoms. The second kappa shape index (κ2) is 3.91. The van der Waals surface area contributed by atoms with E-state index in [9.17, 15) is 5.11 Å². The Hall–Kier alpha value is -0.120. The Morgan fingerprint density at radius 1 is 1.60 bits per heavy atom. The summed E-state index contributed by atoms with van der Waals surface area (Å²) < 4.78 is 5.21. The molecule has 0 amide bonds. The molecular weight excluding hydrogens is 132 g/mol. The van der Waals surface area contributed by atoms with E-state index in [0.29, 0.717) is 6.42 Å². The van der Waals surface area contributed by atoms with Crippen molar-refractivity contribution in [1.29, 1.82) is 0 Å². The van der Waals surface area contributed by atoms with Gasteiger partial charge in [0.2, 0.25) is 0 Å². The first-order chi connectivity index (χ1) is 4.84. The highest BCUT2D eigenvalue weighted by Gasteiger charge is 2.22. The van der Waals surface area contributed by atoms with Gasteiger partial charge in [-0.2, -0.15) is 0 Å². The topological polar surface area (TPSA) is 49.7 Å². The molecule has 0 aliphatic carbocycles. The molecule has 1 rings (SSSR count). The van der Waals surface area contributed by atoms with Crippen molar-refractivity contribution in [2.45, 2.75) is 31.5 Å². The van der Waals surface area contributed by atoms with Crippen LogP contribution in [0.5, 0.6) is 0 Å². The number of hydrogen-bond acceptors (Lipinski definition) is 3. The van der Waals surface area contributed by atoms with Crippen LogP contribution in [0.25, 0.3) is 0 Å². The van der Waals surface area contributed by atoms with Gasteiger partial charge in [0, 0.05) is 13.2 Å². The highest BCUT2D eigenvalue weighted by molar-refractivity contribution is 4.72. The van der Waals surface area contributed by atoms with Crippen molar-refractivity contribution in [2.24, 2.45) is 0 Å². The van der Waals surface area contributed by atoms with Crippen molar-refractivity contribution in [3.05, 3.63) is 0 Å². The van der Waals surface area contributed by atoms with E-state index < -0.39 is 6.10 Å². The quantitative estimate of drug-likeness (QED) is 0.585. The van der Waals surface area contributed by atoms with Crippen LogP contribution >= 0.6 is 0 Å². The van der Waals surface area contributed by atoms with Crippen LogP contribution in [-0.2, 0) is 4.74 Å². The van der Waals surface area contributed by atoms with Gasteiger partial charge in [-0.15, -0.1) is 0 Å². The maximum absolute atomic E-state index is 9.26. The molecular formula is C7H14O3. The summed E-state index contributed by atoms with van der Waals surface area (Å²) >= 11 is 0. The van der Waals surface area contributed by atoms with Gasteiger partial charge in [0.05, 0.1) is 12.2 Å². The Bertz CT molecular complexity index is 88.9. The molecule has 1 saturated heterocycles. The summed E-state index contributed by atoms with van der Waals surface area (Å²) in [5, 5.41) is 17.7. The zero-order valence-electron chi connectivity index (χ0n) is 5.99. The molecule has 0 spiro atoms. The Labute approximate surface area is 60.6 Å². The van der Waals surface area contributed by atoms with Crippen LogP contribution in [-0.4, -0.2) is 35.6 Å². The standard InChI is InChI=1S/C7H14O3/c8-4-3-6(9)7-2-1-5-10-7/h6-9H,1-5H2/t6-,7-/m1/s1. The molecule has 0 aromatic rings. The number of hydrogen-bond donors (Lipinski definition) is 2. The third kappa shape index (κ3) is 1.94. The minimum atomic E-state index is -0.465. The molecule has 1 aliphatic rings. The highest BCUT2D eigenvalue weighted by Crippen LogP contribution is 2.16. The molecule has 1 heterocycles. The zero-order valence-corrected chi connectivity index (χ0v) is 5.99. The predicted molar refractivity (Wildman–Crippen MR) is 36.7 cm³/mol. The highest BCUT2D eigenvalue weighted by atomic mass is 16.5. The molecule has 0 aromatic heterocycles. The largest absolute Gasteiger partial charge is 0.396 e. The monoisotopic (exact) mass is 146 g/mol. The van der Waals surface area contributed by atoms with Crippen LogP contribution in [0.3, 0.4) is 0 Å². The maximum Gasteiger partial charge on any atom is 0.0835 e. The number of ether oxygens (including phenoxy) is 1. The molecule has 2 atom stereocenters. The molecule has 1 fully saturated rings. The Kier molecular flexibility index (Phi) is 3.12. The lowest BCUT2D eigenvalue weighted by Crippen LogP contribution is -2.25. The second-order valence-corrected chi connectivity index (χ2v) is 2.63. The fourth-order valence-electron chi connectivity index (χ4n) is 1.22. The molecule has 2 N–H and O–H groups in total. The van der Waals surface area contributed by atoms with E-state index in [1.54, 1.807) is 0 Å². The van der Waals surface area contributed by atoms with Gasteiger partial charge in [0.25, 0.3) is 0 Å². The first-order valence-corrected chi connectivity index (χ1v) is 3.75. The maximum atomic E-state index is 9.26. The number of aliphatic hydroxyl groups is 2. The Morgan fingerprint density at radius 3 is 2.90 bits per heavy atom. The Morgan fingerprint density at radius 2 is 2.40 bits per heavy atom. The molecule has 3 nitrogen and oxygen atoms in total. The smallest absolute Gasteiger partial charge is 0.0835 e. The van der Waals surface area contributed by atoms with E-state index in [-0.39, 0.29) is 12.7 Å².